The number of amides is 1. The maximum Gasteiger partial charge on any atom is 0.292 e. The second kappa shape index (κ2) is 4.46. The highest BCUT2D eigenvalue weighted by molar-refractivity contribution is 7.09. The Morgan fingerprint density at radius 1 is 1.50 bits per heavy atom. The molecule has 0 bridgehead atoms. The first-order valence-corrected chi connectivity index (χ1v) is 7.55. The third kappa shape index (κ3) is 1.87. The lowest BCUT2D eigenvalue weighted by molar-refractivity contribution is -0.0959. The van der Waals surface area contributed by atoms with Gasteiger partial charge in [-0.05, 0) is 19.8 Å². The predicted molar refractivity (Wildman–Crippen MR) is 70.0 cm³/mol. The normalized spacial score (nSPS) is 27.4. The van der Waals surface area contributed by atoms with Crippen LogP contribution >= 0.6 is 11.3 Å². The molecule has 4 nitrogen and oxygen atoms in total. The van der Waals surface area contributed by atoms with Gasteiger partial charge in [0, 0.05) is 5.38 Å². The van der Waals surface area contributed by atoms with Gasteiger partial charge in [0.25, 0.3) is 11.8 Å². The number of alkyl halides is 2. The molecule has 7 heteroatoms. The molecule has 3 rings (SSSR count). The van der Waals surface area contributed by atoms with Gasteiger partial charge >= 0.3 is 0 Å². The molecule has 110 valence electrons. The summed E-state index contributed by atoms with van der Waals surface area (Å²) in [4.78, 5) is 17.7. The van der Waals surface area contributed by atoms with Gasteiger partial charge in [-0.15, -0.1) is 11.3 Å². The van der Waals surface area contributed by atoms with Crippen molar-refractivity contribution in [2.75, 3.05) is 6.54 Å². The van der Waals surface area contributed by atoms with Crippen molar-refractivity contribution < 1.29 is 18.7 Å². The van der Waals surface area contributed by atoms with Crippen LogP contribution in [0.3, 0.4) is 0 Å². The van der Waals surface area contributed by atoms with Crippen LogP contribution in [0, 0.1) is 6.92 Å². The van der Waals surface area contributed by atoms with Crippen LogP contribution in [0.5, 0.6) is 0 Å². The molecule has 1 aliphatic carbocycles. The topological polar surface area (TPSA) is 53.4 Å². The van der Waals surface area contributed by atoms with Crippen molar-refractivity contribution in [2.24, 2.45) is 0 Å². The van der Waals surface area contributed by atoms with E-state index in [4.69, 9.17) is 0 Å². The number of aromatic nitrogens is 1. The minimum Gasteiger partial charge on any atom is -0.384 e. The van der Waals surface area contributed by atoms with Gasteiger partial charge in [-0.25, -0.2) is 13.8 Å². The largest absolute Gasteiger partial charge is 0.384 e. The Hall–Kier alpha value is -1.08. The molecule has 1 spiro atoms. The zero-order valence-corrected chi connectivity index (χ0v) is 11.9. The van der Waals surface area contributed by atoms with Crippen molar-refractivity contribution in [1.82, 2.24) is 9.88 Å². The number of thiazole rings is 1. The molecule has 1 aromatic heterocycles. The van der Waals surface area contributed by atoms with Crippen LogP contribution in [0.2, 0.25) is 0 Å². The van der Waals surface area contributed by atoms with Crippen LogP contribution in [0.1, 0.15) is 41.2 Å². The van der Waals surface area contributed by atoms with Crippen molar-refractivity contribution in [3.8, 4) is 0 Å². The van der Waals surface area contributed by atoms with Gasteiger partial charge in [-0.1, -0.05) is 12.8 Å². The lowest BCUT2D eigenvalue weighted by atomic mass is 9.90. The van der Waals surface area contributed by atoms with Crippen molar-refractivity contribution >= 4 is 17.2 Å². The Labute approximate surface area is 119 Å². The summed E-state index contributed by atoms with van der Waals surface area (Å²) < 4.78 is 27.8. The molecule has 1 aliphatic heterocycles. The first kappa shape index (κ1) is 13.9. The zero-order chi connectivity index (χ0) is 14.5. The Balaban J connectivity index is 1.97. The summed E-state index contributed by atoms with van der Waals surface area (Å²) in [7, 11) is 0. The summed E-state index contributed by atoms with van der Waals surface area (Å²) >= 11 is 1.31. The molecule has 1 amide bonds. The number of aryl methyl sites for hydroxylation is 1. The Kier molecular flexibility index (Phi) is 3.10. The highest BCUT2D eigenvalue weighted by Gasteiger charge is 2.64. The van der Waals surface area contributed by atoms with Gasteiger partial charge in [-0.3, -0.25) is 4.79 Å². The first-order valence-electron chi connectivity index (χ1n) is 6.67. The molecule has 1 unspecified atom stereocenters. The Morgan fingerprint density at radius 2 is 2.15 bits per heavy atom. The van der Waals surface area contributed by atoms with E-state index >= 15 is 0 Å². The molecule has 1 saturated carbocycles. The first-order chi connectivity index (χ1) is 9.37. The maximum absolute atomic E-state index is 13.9. The number of nitrogens with zero attached hydrogens (tertiary/aromatic N) is 2. The lowest BCUT2D eigenvalue weighted by Gasteiger charge is -2.36. The smallest absolute Gasteiger partial charge is 0.292 e. The number of likely N-dealkylation sites (tertiary alicyclic amines) is 1. The van der Waals surface area contributed by atoms with Crippen molar-refractivity contribution in [3.05, 3.63) is 16.1 Å². The molecule has 0 radical (unpaired) electrons. The second-order valence-electron chi connectivity index (χ2n) is 5.62. The minimum absolute atomic E-state index is 0.198. The lowest BCUT2D eigenvalue weighted by Crippen LogP contribution is -2.52. The Bertz CT molecular complexity index is 540. The van der Waals surface area contributed by atoms with Gasteiger partial charge in [0.2, 0.25) is 0 Å². The molecule has 1 N–H and O–H groups in total. The van der Waals surface area contributed by atoms with E-state index in [-0.39, 0.29) is 5.69 Å². The summed E-state index contributed by atoms with van der Waals surface area (Å²) in [6.45, 7) is 1.05. The second-order valence-corrected chi connectivity index (χ2v) is 6.68. The standard InChI is InChI=1S/C13H16F2N2O2S/c1-8-16-9(6-20-8)10(18)17-7-13(14,15)11(19)12(17)4-2-3-5-12/h6,11,19H,2-5,7H2,1H3. The minimum atomic E-state index is -3.24. The van der Waals surface area contributed by atoms with E-state index in [0.717, 1.165) is 17.8 Å². The third-order valence-corrected chi connectivity index (χ3v) is 5.14. The van der Waals surface area contributed by atoms with Crippen molar-refractivity contribution in [2.45, 2.75) is 50.2 Å². The molecule has 0 aromatic carbocycles. The highest BCUT2D eigenvalue weighted by atomic mass is 32.1. The maximum atomic E-state index is 13.9. The van der Waals surface area contributed by atoms with Gasteiger partial charge in [0.1, 0.15) is 11.8 Å². The van der Waals surface area contributed by atoms with E-state index in [9.17, 15) is 18.7 Å². The molecule has 2 heterocycles. The predicted octanol–water partition coefficient (Wildman–Crippen LogP) is 2.22. The van der Waals surface area contributed by atoms with Crippen LogP contribution in [0.4, 0.5) is 8.78 Å². The number of carbonyl (C=O) groups is 1. The summed E-state index contributed by atoms with van der Waals surface area (Å²) in [5, 5.41) is 12.3. The SMILES string of the molecule is Cc1nc(C(=O)N2CC(F)(F)C(O)C23CCCC3)cs1. The number of halogens is 2. The summed E-state index contributed by atoms with van der Waals surface area (Å²) in [6, 6.07) is 0. The Morgan fingerprint density at radius 3 is 2.70 bits per heavy atom. The van der Waals surface area contributed by atoms with E-state index in [2.05, 4.69) is 4.98 Å². The van der Waals surface area contributed by atoms with E-state index in [1.165, 1.54) is 16.2 Å². The molecule has 1 aromatic rings. The number of carbonyl (C=O) groups excluding carboxylic acids is 1. The fraction of sp³-hybridized carbons (Fsp3) is 0.692. The van der Waals surface area contributed by atoms with Crippen molar-refractivity contribution in [3.63, 3.8) is 0 Å². The number of rotatable bonds is 1. The molecular weight excluding hydrogens is 286 g/mol. The summed E-state index contributed by atoms with van der Waals surface area (Å²) in [5.74, 6) is -3.74. The number of hydrogen-bond acceptors (Lipinski definition) is 4. The van der Waals surface area contributed by atoms with Gasteiger partial charge in [0.05, 0.1) is 17.1 Å². The van der Waals surface area contributed by atoms with E-state index in [0.29, 0.717) is 12.8 Å². The number of hydrogen-bond donors (Lipinski definition) is 1. The van der Waals surface area contributed by atoms with Gasteiger partial charge in [0.15, 0.2) is 0 Å². The number of aliphatic hydroxyl groups excluding tert-OH is 1. The fourth-order valence-electron chi connectivity index (χ4n) is 3.40. The average molecular weight is 302 g/mol. The van der Waals surface area contributed by atoms with E-state index in [1.807, 2.05) is 0 Å². The molecular formula is C13H16F2N2O2S. The quantitative estimate of drug-likeness (QED) is 0.865. The fourth-order valence-corrected chi connectivity index (χ4v) is 3.99. The summed E-state index contributed by atoms with van der Waals surface area (Å²) in [5.41, 5.74) is -0.915. The van der Waals surface area contributed by atoms with E-state index in [1.54, 1.807) is 12.3 Å². The number of aliphatic hydroxyl groups is 1. The zero-order valence-electron chi connectivity index (χ0n) is 11.1. The van der Waals surface area contributed by atoms with Crippen LogP contribution in [0.15, 0.2) is 5.38 Å². The molecule has 20 heavy (non-hydrogen) atoms. The van der Waals surface area contributed by atoms with Gasteiger partial charge < -0.3 is 10.0 Å². The molecule has 2 fully saturated rings. The van der Waals surface area contributed by atoms with Crippen LogP contribution < -0.4 is 0 Å². The van der Waals surface area contributed by atoms with Crippen molar-refractivity contribution in [1.29, 1.82) is 0 Å². The summed E-state index contributed by atoms with van der Waals surface area (Å²) in [6.07, 6.45) is 0.596. The molecule has 2 aliphatic rings. The van der Waals surface area contributed by atoms with E-state index < -0.39 is 30.0 Å². The monoisotopic (exact) mass is 302 g/mol. The van der Waals surface area contributed by atoms with Crippen LogP contribution in [-0.2, 0) is 0 Å². The molecule has 1 atom stereocenters. The van der Waals surface area contributed by atoms with Crippen LogP contribution in [0.25, 0.3) is 0 Å². The van der Waals surface area contributed by atoms with Gasteiger partial charge in [-0.2, -0.15) is 0 Å². The third-order valence-electron chi connectivity index (χ3n) is 4.37. The molecule has 1 saturated heterocycles. The van der Waals surface area contributed by atoms with Crippen LogP contribution in [-0.4, -0.2) is 45.0 Å². The average Bonchev–Trinajstić information content (AvgIpc) is 3.07. The highest BCUT2D eigenvalue weighted by Crippen LogP contribution is 2.49.